The maximum atomic E-state index is 5.39. The van der Waals surface area contributed by atoms with E-state index in [2.05, 4.69) is 255 Å². The fourth-order valence-electron chi connectivity index (χ4n) is 9.36. The summed E-state index contributed by atoms with van der Waals surface area (Å²) in [6, 6.07) is 91.9. The van der Waals surface area contributed by atoms with Crippen molar-refractivity contribution < 1.29 is 0 Å². The van der Waals surface area contributed by atoms with Gasteiger partial charge in [0.05, 0.1) is 5.69 Å². The average molecular weight is 893 g/mol. The first-order valence-electron chi connectivity index (χ1n) is 23.6. The number of nitrogens with zero attached hydrogens (tertiary/aromatic N) is 4. The SMILES string of the molecule is c1ccc(-c2cc(-c3ccccc3)cc(-c3cccc(-c4nc(-c5cccc(-c6cc7ccccc7cn6)c5)nc(-c5cc(-c6ccccc6)cc(-c6ccccc6-c6ccccc6)c5)n4)c3)c2)cc1. The van der Waals surface area contributed by atoms with Crippen LogP contribution in [0.1, 0.15) is 0 Å². The van der Waals surface area contributed by atoms with Crippen molar-refractivity contribution in [1.29, 1.82) is 0 Å². The molecule has 0 radical (unpaired) electrons. The van der Waals surface area contributed by atoms with E-state index in [9.17, 15) is 0 Å². The molecular weight excluding hydrogens is 849 g/mol. The van der Waals surface area contributed by atoms with Crippen LogP contribution >= 0.6 is 0 Å². The summed E-state index contributed by atoms with van der Waals surface area (Å²) >= 11 is 0. The molecule has 4 nitrogen and oxygen atoms in total. The first kappa shape index (κ1) is 42.0. The van der Waals surface area contributed by atoms with E-state index in [1.807, 2.05) is 12.3 Å². The van der Waals surface area contributed by atoms with Gasteiger partial charge in [0.25, 0.3) is 0 Å². The molecule has 2 aromatic heterocycles. The van der Waals surface area contributed by atoms with Gasteiger partial charge in [-0.2, -0.15) is 0 Å². The molecule has 0 N–H and O–H groups in total. The molecule has 70 heavy (non-hydrogen) atoms. The molecule has 0 aliphatic rings. The summed E-state index contributed by atoms with van der Waals surface area (Å²) in [5.74, 6) is 1.73. The smallest absolute Gasteiger partial charge is 0.164 e. The van der Waals surface area contributed by atoms with Crippen molar-refractivity contribution in [2.45, 2.75) is 0 Å². The van der Waals surface area contributed by atoms with E-state index < -0.39 is 0 Å². The van der Waals surface area contributed by atoms with E-state index in [1.165, 1.54) is 0 Å². The lowest BCUT2D eigenvalue weighted by molar-refractivity contribution is 1.07. The van der Waals surface area contributed by atoms with Crippen molar-refractivity contribution in [3.8, 4) is 112 Å². The van der Waals surface area contributed by atoms with Gasteiger partial charge in [0.15, 0.2) is 17.5 Å². The molecule has 0 saturated carbocycles. The largest absolute Gasteiger partial charge is 0.256 e. The zero-order valence-corrected chi connectivity index (χ0v) is 38.2. The highest BCUT2D eigenvalue weighted by atomic mass is 15.0. The van der Waals surface area contributed by atoms with Gasteiger partial charge in [0.2, 0.25) is 0 Å². The topological polar surface area (TPSA) is 51.6 Å². The molecule has 0 atom stereocenters. The predicted molar refractivity (Wildman–Crippen MR) is 289 cm³/mol. The molecule has 0 bridgehead atoms. The van der Waals surface area contributed by atoms with Crippen molar-refractivity contribution in [3.63, 3.8) is 0 Å². The van der Waals surface area contributed by atoms with Crippen LogP contribution < -0.4 is 0 Å². The highest BCUT2D eigenvalue weighted by Crippen LogP contribution is 2.39. The Morgan fingerprint density at radius 1 is 0.200 bits per heavy atom. The summed E-state index contributed by atoms with van der Waals surface area (Å²) in [5, 5.41) is 2.23. The Kier molecular flexibility index (Phi) is 11.2. The number of rotatable bonds is 10. The van der Waals surface area contributed by atoms with Crippen molar-refractivity contribution in [2.24, 2.45) is 0 Å². The highest BCUT2D eigenvalue weighted by Gasteiger charge is 2.18. The highest BCUT2D eigenvalue weighted by molar-refractivity contribution is 5.89. The van der Waals surface area contributed by atoms with Crippen molar-refractivity contribution in [1.82, 2.24) is 19.9 Å². The minimum Gasteiger partial charge on any atom is -0.256 e. The Morgan fingerprint density at radius 3 is 1.10 bits per heavy atom. The Bertz CT molecular complexity index is 3760. The minimum atomic E-state index is 0.571. The van der Waals surface area contributed by atoms with Crippen molar-refractivity contribution in [3.05, 3.63) is 267 Å². The third kappa shape index (κ3) is 8.69. The molecular formula is C66H44N4. The Balaban J connectivity index is 1.05. The van der Waals surface area contributed by atoms with Gasteiger partial charge in [-0.25, -0.2) is 15.0 Å². The first-order valence-corrected chi connectivity index (χ1v) is 23.6. The molecule has 0 aliphatic carbocycles. The zero-order valence-electron chi connectivity index (χ0n) is 38.2. The van der Waals surface area contributed by atoms with Crippen LogP contribution in [0.5, 0.6) is 0 Å². The number of fused-ring (bicyclic) bond motifs is 1. The minimum absolute atomic E-state index is 0.571. The van der Waals surface area contributed by atoms with Crippen LogP contribution in [0.3, 0.4) is 0 Å². The van der Waals surface area contributed by atoms with E-state index >= 15 is 0 Å². The predicted octanol–water partition coefficient (Wildman–Crippen LogP) is 17.1. The van der Waals surface area contributed by atoms with Crippen LogP contribution in [0.25, 0.3) is 123 Å². The molecule has 0 spiro atoms. The Morgan fingerprint density at radius 2 is 0.543 bits per heavy atom. The third-order valence-electron chi connectivity index (χ3n) is 12.9. The number of hydrogen-bond donors (Lipinski definition) is 0. The first-order chi connectivity index (χ1) is 34.6. The number of pyridine rings is 1. The summed E-state index contributed by atoms with van der Waals surface area (Å²) in [7, 11) is 0. The van der Waals surface area contributed by atoms with Crippen LogP contribution in [0.4, 0.5) is 0 Å². The number of hydrogen-bond acceptors (Lipinski definition) is 4. The summed E-state index contributed by atoms with van der Waals surface area (Å²) in [5.41, 5.74) is 17.9. The normalized spacial score (nSPS) is 11.1. The molecule has 12 aromatic rings. The molecule has 0 unspecified atom stereocenters. The van der Waals surface area contributed by atoms with Crippen LogP contribution in [-0.2, 0) is 0 Å². The molecule has 0 amide bonds. The standard InChI is InChI=1S/C66H44N4/c1-5-19-45(20-6-1)55-37-56(46-21-7-2-8-22-46)39-58(38-55)49-29-17-31-52(35-49)64-68-65(53-32-18-30-51(36-53)63-43-50-27-13-14-28-54(50)44-67-63)70-66(69-64)60-41-57(47-23-9-3-10-24-47)40-59(42-60)62-34-16-15-33-61(62)48-25-11-4-12-26-48/h1-44H. The van der Waals surface area contributed by atoms with Crippen LogP contribution in [0.2, 0.25) is 0 Å². The third-order valence-corrected chi connectivity index (χ3v) is 12.9. The van der Waals surface area contributed by atoms with Gasteiger partial charge in [0, 0.05) is 33.8 Å². The Labute approximate surface area is 408 Å². The van der Waals surface area contributed by atoms with E-state index in [0.717, 1.165) is 105 Å². The summed E-state index contributed by atoms with van der Waals surface area (Å²) in [6.45, 7) is 0. The fourth-order valence-corrected chi connectivity index (χ4v) is 9.36. The van der Waals surface area contributed by atoms with Crippen molar-refractivity contribution in [2.75, 3.05) is 0 Å². The average Bonchev–Trinajstić information content (AvgIpc) is 3.45. The van der Waals surface area contributed by atoms with Gasteiger partial charge in [-0.1, -0.05) is 206 Å². The second-order valence-electron chi connectivity index (χ2n) is 17.5. The van der Waals surface area contributed by atoms with E-state index in [4.69, 9.17) is 19.9 Å². The molecule has 12 rings (SSSR count). The van der Waals surface area contributed by atoms with E-state index in [-0.39, 0.29) is 0 Å². The van der Waals surface area contributed by atoms with Gasteiger partial charge in [-0.05, 0) is 127 Å². The maximum Gasteiger partial charge on any atom is 0.164 e. The molecule has 0 aliphatic heterocycles. The fraction of sp³-hybridized carbons (Fsp3) is 0. The molecule has 0 saturated heterocycles. The lowest BCUT2D eigenvalue weighted by atomic mass is 9.91. The number of aromatic nitrogens is 4. The lowest BCUT2D eigenvalue weighted by Crippen LogP contribution is -2.01. The monoisotopic (exact) mass is 892 g/mol. The van der Waals surface area contributed by atoms with Crippen LogP contribution in [-0.4, -0.2) is 19.9 Å². The van der Waals surface area contributed by atoms with E-state index in [0.29, 0.717) is 17.5 Å². The van der Waals surface area contributed by atoms with Gasteiger partial charge in [-0.3, -0.25) is 4.98 Å². The quantitative estimate of drug-likeness (QED) is 0.137. The van der Waals surface area contributed by atoms with Crippen LogP contribution in [0, 0.1) is 0 Å². The summed E-state index contributed by atoms with van der Waals surface area (Å²) in [4.78, 5) is 21.0. The lowest BCUT2D eigenvalue weighted by Gasteiger charge is -2.15. The van der Waals surface area contributed by atoms with Gasteiger partial charge in [0.1, 0.15) is 0 Å². The maximum absolute atomic E-state index is 5.39. The molecule has 4 heteroatoms. The molecule has 10 aromatic carbocycles. The van der Waals surface area contributed by atoms with Gasteiger partial charge >= 0.3 is 0 Å². The second-order valence-corrected chi connectivity index (χ2v) is 17.5. The molecule has 0 fully saturated rings. The van der Waals surface area contributed by atoms with Gasteiger partial charge in [-0.15, -0.1) is 0 Å². The molecule has 2 heterocycles. The second kappa shape index (κ2) is 18.7. The zero-order chi connectivity index (χ0) is 46.6. The van der Waals surface area contributed by atoms with E-state index in [1.54, 1.807) is 0 Å². The van der Waals surface area contributed by atoms with Crippen LogP contribution in [0.15, 0.2) is 267 Å². The summed E-state index contributed by atoms with van der Waals surface area (Å²) in [6.07, 6.45) is 1.94. The Hall–Kier alpha value is -9.38. The molecule has 328 valence electrons. The summed E-state index contributed by atoms with van der Waals surface area (Å²) < 4.78 is 0. The number of benzene rings is 10. The van der Waals surface area contributed by atoms with Gasteiger partial charge < -0.3 is 0 Å². The van der Waals surface area contributed by atoms with Crippen molar-refractivity contribution >= 4 is 10.8 Å².